The van der Waals surface area contributed by atoms with E-state index in [2.05, 4.69) is 30.8 Å². The van der Waals surface area contributed by atoms with Crippen LogP contribution in [0.5, 0.6) is 0 Å². The molecule has 110 valence electrons. The standard InChI is InChI=1S/C14H17ClN6/c1-10-7-11-14(16-8-10)21(12(18-11)3-5-15)6-4-13-19-17-9-20(13)2/h7-9H,3-6H2,1-2H3. The fourth-order valence-corrected chi connectivity index (χ4v) is 2.58. The van der Waals surface area contributed by atoms with Crippen LogP contribution >= 0.6 is 11.6 Å². The third-order valence-corrected chi connectivity index (χ3v) is 3.67. The topological polar surface area (TPSA) is 61.4 Å². The van der Waals surface area contributed by atoms with Gasteiger partial charge in [-0.25, -0.2) is 9.97 Å². The van der Waals surface area contributed by atoms with Crippen LogP contribution in [0, 0.1) is 6.92 Å². The summed E-state index contributed by atoms with van der Waals surface area (Å²) in [5.41, 5.74) is 2.94. The van der Waals surface area contributed by atoms with Crippen LogP contribution < -0.4 is 0 Å². The van der Waals surface area contributed by atoms with Gasteiger partial charge in [-0.2, -0.15) is 0 Å². The molecule has 3 rings (SSSR count). The van der Waals surface area contributed by atoms with Gasteiger partial charge in [-0.3, -0.25) is 0 Å². The SMILES string of the molecule is Cc1cnc2c(c1)nc(CCCl)n2CCc1nncn1C. The Hall–Kier alpha value is -1.95. The van der Waals surface area contributed by atoms with Crippen LogP contribution in [0.4, 0.5) is 0 Å². The van der Waals surface area contributed by atoms with Crippen LogP contribution in [0.3, 0.4) is 0 Å². The molecule has 0 aromatic carbocycles. The van der Waals surface area contributed by atoms with Gasteiger partial charge in [0.25, 0.3) is 0 Å². The maximum atomic E-state index is 5.89. The quantitative estimate of drug-likeness (QED) is 0.675. The van der Waals surface area contributed by atoms with E-state index in [-0.39, 0.29) is 0 Å². The zero-order valence-electron chi connectivity index (χ0n) is 12.1. The van der Waals surface area contributed by atoms with E-state index in [1.807, 2.05) is 24.7 Å². The van der Waals surface area contributed by atoms with Crippen molar-refractivity contribution in [3.8, 4) is 0 Å². The first kappa shape index (κ1) is 14.0. The van der Waals surface area contributed by atoms with Gasteiger partial charge >= 0.3 is 0 Å². The Balaban J connectivity index is 1.95. The number of hydrogen-bond acceptors (Lipinski definition) is 4. The van der Waals surface area contributed by atoms with Crippen molar-refractivity contribution in [3.63, 3.8) is 0 Å². The highest BCUT2D eigenvalue weighted by Gasteiger charge is 2.12. The highest BCUT2D eigenvalue weighted by Crippen LogP contribution is 2.17. The second kappa shape index (κ2) is 5.81. The molecule has 0 bridgehead atoms. The number of fused-ring (bicyclic) bond motifs is 1. The van der Waals surface area contributed by atoms with Gasteiger partial charge in [-0.05, 0) is 18.6 Å². The molecule has 6 nitrogen and oxygen atoms in total. The van der Waals surface area contributed by atoms with Crippen LogP contribution in [0.25, 0.3) is 11.2 Å². The summed E-state index contributed by atoms with van der Waals surface area (Å²) in [6.45, 7) is 2.79. The Labute approximate surface area is 127 Å². The maximum Gasteiger partial charge on any atom is 0.160 e. The zero-order chi connectivity index (χ0) is 14.8. The van der Waals surface area contributed by atoms with Crippen LogP contribution in [0.1, 0.15) is 17.2 Å². The molecule has 0 radical (unpaired) electrons. The molecule has 3 aromatic rings. The minimum Gasteiger partial charge on any atom is -0.321 e. The van der Waals surface area contributed by atoms with E-state index in [4.69, 9.17) is 11.6 Å². The first-order valence-corrected chi connectivity index (χ1v) is 7.43. The molecule has 7 heteroatoms. The summed E-state index contributed by atoms with van der Waals surface area (Å²) in [6.07, 6.45) is 5.10. The third-order valence-electron chi connectivity index (χ3n) is 3.48. The van der Waals surface area contributed by atoms with Gasteiger partial charge in [0.05, 0.1) is 0 Å². The minimum atomic E-state index is 0.548. The van der Waals surface area contributed by atoms with Crippen molar-refractivity contribution in [2.24, 2.45) is 7.05 Å². The van der Waals surface area contributed by atoms with Crippen molar-refractivity contribution in [1.82, 2.24) is 29.3 Å². The molecule has 0 saturated heterocycles. The average Bonchev–Trinajstić information content (AvgIpc) is 3.00. The van der Waals surface area contributed by atoms with E-state index in [9.17, 15) is 0 Å². The van der Waals surface area contributed by atoms with Crippen molar-refractivity contribution in [1.29, 1.82) is 0 Å². The van der Waals surface area contributed by atoms with Gasteiger partial charge in [0.1, 0.15) is 23.5 Å². The van der Waals surface area contributed by atoms with Crippen molar-refractivity contribution in [2.75, 3.05) is 5.88 Å². The van der Waals surface area contributed by atoms with Crippen molar-refractivity contribution >= 4 is 22.8 Å². The van der Waals surface area contributed by atoms with E-state index < -0.39 is 0 Å². The second-order valence-corrected chi connectivity index (χ2v) is 5.46. The summed E-state index contributed by atoms with van der Waals surface area (Å²) in [5, 5.41) is 8.02. The van der Waals surface area contributed by atoms with E-state index in [0.29, 0.717) is 5.88 Å². The highest BCUT2D eigenvalue weighted by molar-refractivity contribution is 6.17. The molecule has 0 aliphatic heterocycles. The number of nitrogens with zero attached hydrogens (tertiary/aromatic N) is 6. The summed E-state index contributed by atoms with van der Waals surface area (Å²) in [6, 6.07) is 2.05. The first-order chi connectivity index (χ1) is 10.2. The van der Waals surface area contributed by atoms with Gasteiger partial charge in [0.2, 0.25) is 0 Å². The van der Waals surface area contributed by atoms with Gasteiger partial charge in [-0.1, -0.05) is 0 Å². The molecule has 0 amide bonds. The molecule has 3 aromatic heterocycles. The van der Waals surface area contributed by atoms with E-state index in [0.717, 1.165) is 47.8 Å². The minimum absolute atomic E-state index is 0.548. The zero-order valence-corrected chi connectivity index (χ0v) is 12.9. The van der Waals surface area contributed by atoms with E-state index >= 15 is 0 Å². The Morgan fingerprint density at radius 2 is 2.10 bits per heavy atom. The van der Waals surface area contributed by atoms with Crippen LogP contribution in [0.15, 0.2) is 18.6 Å². The molecule has 0 atom stereocenters. The number of rotatable bonds is 5. The molecule has 3 heterocycles. The van der Waals surface area contributed by atoms with E-state index in [1.165, 1.54) is 0 Å². The summed E-state index contributed by atoms with van der Waals surface area (Å²) in [4.78, 5) is 9.18. The fourth-order valence-electron chi connectivity index (χ4n) is 2.41. The Morgan fingerprint density at radius 3 is 2.81 bits per heavy atom. The predicted octanol–water partition coefficient (Wildman–Crippen LogP) is 1.89. The molecule has 0 spiro atoms. The lowest BCUT2D eigenvalue weighted by Gasteiger charge is -2.07. The van der Waals surface area contributed by atoms with Gasteiger partial charge in [0, 0.05) is 38.5 Å². The summed E-state index contributed by atoms with van der Waals surface area (Å²) in [5.74, 6) is 2.47. The smallest absolute Gasteiger partial charge is 0.160 e. The van der Waals surface area contributed by atoms with Gasteiger partial charge in [0.15, 0.2) is 5.65 Å². The Kier molecular flexibility index (Phi) is 3.88. The third kappa shape index (κ3) is 2.76. The lowest BCUT2D eigenvalue weighted by atomic mass is 10.3. The molecular weight excluding hydrogens is 288 g/mol. The van der Waals surface area contributed by atoms with Gasteiger partial charge in [-0.15, -0.1) is 21.8 Å². The van der Waals surface area contributed by atoms with Crippen molar-refractivity contribution in [3.05, 3.63) is 35.8 Å². The van der Waals surface area contributed by atoms with Crippen LogP contribution in [-0.4, -0.2) is 35.2 Å². The highest BCUT2D eigenvalue weighted by atomic mass is 35.5. The van der Waals surface area contributed by atoms with Crippen molar-refractivity contribution < 1.29 is 0 Å². The largest absolute Gasteiger partial charge is 0.321 e. The normalized spacial score (nSPS) is 11.4. The molecular formula is C14H17ClN6. The molecule has 0 unspecified atom stereocenters. The predicted molar refractivity (Wildman–Crippen MR) is 81.4 cm³/mol. The van der Waals surface area contributed by atoms with Gasteiger partial charge < -0.3 is 9.13 Å². The molecule has 21 heavy (non-hydrogen) atoms. The second-order valence-electron chi connectivity index (χ2n) is 5.08. The Bertz CT molecular complexity index is 760. The first-order valence-electron chi connectivity index (χ1n) is 6.89. The number of pyridine rings is 1. The number of alkyl halides is 1. The maximum absolute atomic E-state index is 5.89. The van der Waals surface area contributed by atoms with Crippen LogP contribution in [-0.2, 0) is 26.4 Å². The average molecular weight is 305 g/mol. The molecule has 0 saturated carbocycles. The molecule has 0 aliphatic carbocycles. The fraction of sp³-hybridized carbons (Fsp3) is 0.429. The lowest BCUT2D eigenvalue weighted by Crippen LogP contribution is -2.10. The number of aryl methyl sites for hydroxylation is 5. The number of halogens is 1. The number of aromatic nitrogens is 6. The number of hydrogen-bond donors (Lipinski definition) is 0. The molecule has 0 fully saturated rings. The van der Waals surface area contributed by atoms with E-state index in [1.54, 1.807) is 6.33 Å². The summed E-state index contributed by atoms with van der Waals surface area (Å²) in [7, 11) is 1.95. The monoisotopic (exact) mass is 304 g/mol. The molecule has 0 N–H and O–H groups in total. The summed E-state index contributed by atoms with van der Waals surface area (Å²) < 4.78 is 4.06. The molecule has 0 aliphatic rings. The Morgan fingerprint density at radius 1 is 1.24 bits per heavy atom. The van der Waals surface area contributed by atoms with Crippen molar-refractivity contribution in [2.45, 2.75) is 26.3 Å². The number of imidazole rings is 1. The van der Waals surface area contributed by atoms with Crippen LogP contribution in [0.2, 0.25) is 0 Å². The summed E-state index contributed by atoms with van der Waals surface area (Å²) >= 11 is 5.89. The lowest BCUT2D eigenvalue weighted by molar-refractivity contribution is 0.633.